The van der Waals surface area contributed by atoms with Crippen molar-refractivity contribution in [3.8, 4) is 0 Å². The lowest BCUT2D eigenvalue weighted by atomic mass is 10.2. The molecule has 1 aromatic carbocycles. The molecule has 0 spiro atoms. The molecule has 2 rings (SSSR count). The van der Waals surface area contributed by atoms with Crippen LogP contribution >= 0.6 is 0 Å². The fourth-order valence-corrected chi connectivity index (χ4v) is 4.02. The van der Waals surface area contributed by atoms with Crippen molar-refractivity contribution in [1.82, 2.24) is 4.31 Å². The van der Waals surface area contributed by atoms with Gasteiger partial charge in [-0.15, -0.1) is 0 Å². The first-order valence-corrected chi connectivity index (χ1v) is 7.41. The largest absolute Gasteiger partial charge is 0.326 e. The lowest BCUT2D eigenvalue weighted by Gasteiger charge is -2.21. The first-order valence-electron chi connectivity index (χ1n) is 5.97. The molecule has 0 aliphatic carbocycles. The third kappa shape index (κ3) is 2.28. The van der Waals surface area contributed by atoms with Crippen LogP contribution in [0.15, 0.2) is 23.1 Å². The van der Waals surface area contributed by atoms with Gasteiger partial charge in [-0.1, -0.05) is 6.07 Å². The van der Waals surface area contributed by atoms with Gasteiger partial charge < -0.3 is 5.73 Å². The maximum atomic E-state index is 13.9. The number of hydrogen-bond donors (Lipinski definition) is 1. The van der Waals surface area contributed by atoms with Gasteiger partial charge in [0.1, 0.15) is 10.7 Å². The Labute approximate surface area is 107 Å². The standard InChI is InChI=1S/C12H17FN2O2S/c1-9-3-2-6-15(9)18(16,17)12-5-4-10(8-14)7-11(12)13/h4-5,7,9H,2-3,6,8,14H2,1H3. The van der Waals surface area contributed by atoms with Gasteiger partial charge in [0.25, 0.3) is 0 Å². The molecular formula is C12H17FN2O2S. The predicted molar refractivity (Wildman–Crippen MR) is 66.9 cm³/mol. The summed E-state index contributed by atoms with van der Waals surface area (Å²) < 4.78 is 39.9. The summed E-state index contributed by atoms with van der Waals surface area (Å²) in [7, 11) is -3.73. The zero-order valence-corrected chi connectivity index (χ0v) is 11.1. The summed E-state index contributed by atoms with van der Waals surface area (Å²) in [6, 6.07) is 3.98. The Morgan fingerprint density at radius 2 is 2.22 bits per heavy atom. The van der Waals surface area contributed by atoms with E-state index in [2.05, 4.69) is 0 Å². The Balaban J connectivity index is 2.41. The predicted octanol–water partition coefficient (Wildman–Crippen LogP) is 1.46. The molecule has 1 fully saturated rings. The number of nitrogens with two attached hydrogens (primary N) is 1. The van der Waals surface area contributed by atoms with Gasteiger partial charge in [0, 0.05) is 19.1 Å². The van der Waals surface area contributed by atoms with Crippen molar-refractivity contribution in [2.24, 2.45) is 5.73 Å². The summed E-state index contributed by atoms with van der Waals surface area (Å²) >= 11 is 0. The van der Waals surface area contributed by atoms with Crippen molar-refractivity contribution in [3.05, 3.63) is 29.6 Å². The van der Waals surface area contributed by atoms with Crippen LogP contribution < -0.4 is 5.73 Å². The van der Waals surface area contributed by atoms with Crippen molar-refractivity contribution in [3.63, 3.8) is 0 Å². The highest BCUT2D eigenvalue weighted by atomic mass is 32.2. The number of nitrogens with zero attached hydrogens (tertiary/aromatic N) is 1. The van der Waals surface area contributed by atoms with Gasteiger partial charge in [-0.25, -0.2) is 12.8 Å². The maximum Gasteiger partial charge on any atom is 0.246 e. The molecule has 0 radical (unpaired) electrons. The van der Waals surface area contributed by atoms with Crippen LogP contribution in [0.3, 0.4) is 0 Å². The van der Waals surface area contributed by atoms with Crippen LogP contribution in [0.5, 0.6) is 0 Å². The topological polar surface area (TPSA) is 63.4 Å². The second-order valence-electron chi connectivity index (χ2n) is 4.58. The minimum Gasteiger partial charge on any atom is -0.326 e. The summed E-state index contributed by atoms with van der Waals surface area (Å²) in [6.45, 7) is 2.50. The molecule has 2 N–H and O–H groups in total. The van der Waals surface area contributed by atoms with E-state index in [4.69, 9.17) is 5.73 Å². The second-order valence-corrected chi connectivity index (χ2v) is 6.43. The number of sulfonamides is 1. The molecule has 18 heavy (non-hydrogen) atoms. The quantitative estimate of drug-likeness (QED) is 0.906. The second kappa shape index (κ2) is 4.95. The average molecular weight is 272 g/mol. The molecule has 1 aliphatic heterocycles. The van der Waals surface area contributed by atoms with Crippen LogP contribution in [-0.4, -0.2) is 25.3 Å². The van der Waals surface area contributed by atoms with Gasteiger partial charge in [-0.3, -0.25) is 0 Å². The number of hydrogen-bond acceptors (Lipinski definition) is 3. The van der Waals surface area contributed by atoms with E-state index >= 15 is 0 Å². The fourth-order valence-electron chi connectivity index (χ4n) is 2.27. The van der Waals surface area contributed by atoms with Gasteiger partial charge in [-0.05, 0) is 37.5 Å². The number of halogens is 1. The van der Waals surface area contributed by atoms with Crippen LogP contribution in [-0.2, 0) is 16.6 Å². The summed E-state index contributed by atoms with van der Waals surface area (Å²) in [5.41, 5.74) is 5.98. The van der Waals surface area contributed by atoms with E-state index in [-0.39, 0.29) is 17.5 Å². The lowest BCUT2D eigenvalue weighted by Crippen LogP contribution is -2.34. The zero-order valence-electron chi connectivity index (χ0n) is 10.3. The van der Waals surface area contributed by atoms with Gasteiger partial charge in [0.15, 0.2) is 0 Å². The number of benzene rings is 1. The summed E-state index contributed by atoms with van der Waals surface area (Å²) in [6.07, 6.45) is 1.64. The molecule has 4 nitrogen and oxygen atoms in total. The lowest BCUT2D eigenvalue weighted by molar-refractivity contribution is 0.405. The molecule has 100 valence electrons. The minimum atomic E-state index is -3.73. The molecule has 1 atom stereocenters. The van der Waals surface area contributed by atoms with Gasteiger partial charge in [0.05, 0.1) is 0 Å². The van der Waals surface area contributed by atoms with E-state index in [1.165, 1.54) is 16.4 Å². The fraction of sp³-hybridized carbons (Fsp3) is 0.500. The highest BCUT2D eigenvalue weighted by molar-refractivity contribution is 7.89. The third-order valence-electron chi connectivity index (χ3n) is 3.31. The highest BCUT2D eigenvalue weighted by Gasteiger charge is 2.34. The molecule has 1 unspecified atom stereocenters. The monoisotopic (exact) mass is 272 g/mol. The summed E-state index contributed by atoms with van der Waals surface area (Å²) in [5.74, 6) is -0.725. The van der Waals surface area contributed by atoms with Crippen LogP contribution in [0, 0.1) is 5.82 Å². The van der Waals surface area contributed by atoms with Gasteiger partial charge in [0.2, 0.25) is 10.0 Å². The first kappa shape index (κ1) is 13.5. The Bertz CT molecular complexity index is 545. The average Bonchev–Trinajstić information content (AvgIpc) is 2.75. The third-order valence-corrected chi connectivity index (χ3v) is 5.36. The Kier molecular flexibility index (Phi) is 3.70. The van der Waals surface area contributed by atoms with E-state index in [0.717, 1.165) is 12.8 Å². The van der Waals surface area contributed by atoms with Crippen molar-refractivity contribution in [2.75, 3.05) is 6.54 Å². The minimum absolute atomic E-state index is 0.0661. The molecule has 0 amide bonds. The van der Waals surface area contributed by atoms with Crippen LogP contribution in [0.2, 0.25) is 0 Å². The van der Waals surface area contributed by atoms with E-state index in [1.807, 2.05) is 6.92 Å². The van der Waals surface area contributed by atoms with Crippen LogP contribution in [0.4, 0.5) is 4.39 Å². The SMILES string of the molecule is CC1CCCN1S(=O)(=O)c1ccc(CN)cc1F. The maximum absolute atomic E-state index is 13.9. The van der Waals surface area contributed by atoms with E-state index in [1.54, 1.807) is 6.07 Å². The molecule has 1 aromatic rings. The Morgan fingerprint density at radius 1 is 1.50 bits per heavy atom. The van der Waals surface area contributed by atoms with Crippen molar-refractivity contribution >= 4 is 10.0 Å². The highest BCUT2D eigenvalue weighted by Crippen LogP contribution is 2.27. The summed E-state index contributed by atoms with van der Waals surface area (Å²) in [4.78, 5) is -0.256. The van der Waals surface area contributed by atoms with Crippen molar-refractivity contribution in [2.45, 2.75) is 37.2 Å². The molecule has 0 saturated carbocycles. The molecule has 1 saturated heterocycles. The van der Waals surface area contributed by atoms with E-state index < -0.39 is 15.8 Å². The Morgan fingerprint density at radius 3 is 2.72 bits per heavy atom. The number of rotatable bonds is 3. The van der Waals surface area contributed by atoms with Gasteiger partial charge in [-0.2, -0.15) is 4.31 Å². The summed E-state index contributed by atoms with van der Waals surface area (Å²) in [5, 5.41) is 0. The van der Waals surface area contributed by atoms with Crippen LogP contribution in [0.1, 0.15) is 25.3 Å². The zero-order chi connectivity index (χ0) is 13.3. The first-order chi connectivity index (χ1) is 8.46. The van der Waals surface area contributed by atoms with Crippen LogP contribution in [0.25, 0.3) is 0 Å². The Hall–Kier alpha value is -0.980. The molecule has 1 aliphatic rings. The van der Waals surface area contributed by atoms with Gasteiger partial charge >= 0.3 is 0 Å². The molecular weight excluding hydrogens is 255 g/mol. The smallest absolute Gasteiger partial charge is 0.246 e. The normalized spacial score (nSPS) is 21.4. The molecule has 0 aromatic heterocycles. The van der Waals surface area contributed by atoms with E-state index in [9.17, 15) is 12.8 Å². The van der Waals surface area contributed by atoms with Crippen molar-refractivity contribution in [1.29, 1.82) is 0 Å². The molecule has 6 heteroatoms. The van der Waals surface area contributed by atoms with E-state index in [0.29, 0.717) is 12.1 Å². The molecule has 0 bridgehead atoms. The van der Waals surface area contributed by atoms with Crippen molar-refractivity contribution < 1.29 is 12.8 Å². The molecule has 1 heterocycles.